The first-order chi connectivity index (χ1) is 10.6. The zero-order valence-corrected chi connectivity index (χ0v) is 12.1. The van der Waals surface area contributed by atoms with Crippen LogP contribution in [0.25, 0.3) is 0 Å². The van der Waals surface area contributed by atoms with E-state index in [4.69, 9.17) is 25.2 Å². The Morgan fingerprint density at radius 3 is 1.22 bits per heavy atom. The van der Waals surface area contributed by atoms with Gasteiger partial charge in [-0.3, -0.25) is 0 Å². The first-order valence-corrected chi connectivity index (χ1v) is 5.05. The lowest BCUT2D eigenvalue weighted by molar-refractivity contribution is 0.0472. The summed E-state index contributed by atoms with van der Waals surface area (Å²) in [6.07, 6.45) is -5.14. The molecule has 13 heteroatoms. The van der Waals surface area contributed by atoms with Crippen LogP contribution >= 0.6 is 0 Å². The first-order valence-electron chi connectivity index (χ1n) is 5.05. The molecule has 0 radical (unpaired) electrons. The van der Waals surface area contributed by atoms with E-state index in [1.165, 1.54) is 14.2 Å². The van der Waals surface area contributed by atoms with Crippen molar-refractivity contribution in [3.8, 4) is 0 Å². The summed E-state index contributed by atoms with van der Waals surface area (Å²) < 4.78 is 26.0. The first kappa shape index (κ1) is 28.0. The van der Waals surface area contributed by atoms with E-state index in [-0.39, 0.29) is 19.5 Å². The third-order valence-corrected chi connectivity index (χ3v) is 0.868. The molecule has 136 valence electrons. The molecule has 4 N–H and O–H groups in total. The minimum atomic E-state index is -1.83. The number of ether oxygens (including phenoxy) is 4. The predicted molar refractivity (Wildman–Crippen MR) is 69.3 cm³/mol. The fourth-order valence-electron chi connectivity index (χ4n) is 0.341. The van der Waals surface area contributed by atoms with Gasteiger partial charge in [-0.25, -0.2) is 23.6 Å². The van der Waals surface area contributed by atoms with Crippen LogP contribution in [0, 0.1) is 0 Å². The van der Waals surface area contributed by atoms with Gasteiger partial charge in [-0.15, -0.1) is 0 Å². The second kappa shape index (κ2) is 23.8. The molecule has 0 unspecified atom stereocenters. The van der Waals surface area contributed by atoms with Gasteiger partial charge >= 0.3 is 24.6 Å². The van der Waals surface area contributed by atoms with E-state index in [0.29, 0.717) is 0 Å². The summed E-state index contributed by atoms with van der Waals surface area (Å²) in [4.78, 5) is 37.5. The molecule has 0 bridgehead atoms. The average Bonchev–Trinajstić information content (AvgIpc) is 2.43. The maximum atomic E-state index is 10.1. The lowest BCUT2D eigenvalue weighted by Crippen LogP contribution is -2.10. The van der Waals surface area contributed by atoms with E-state index in [1.807, 2.05) is 0 Å². The molecular weight excluding hydrogens is 331 g/mol. The van der Waals surface area contributed by atoms with Crippen LogP contribution in [0.5, 0.6) is 0 Å². The topological polar surface area (TPSA) is 186 Å². The van der Waals surface area contributed by atoms with Gasteiger partial charge in [0.25, 0.3) is 0 Å². The Morgan fingerprint density at radius 2 is 1.13 bits per heavy atom. The minimum Gasteiger partial charge on any atom is -0.450 e. The van der Waals surface area contributed by atoms with Crippen molar-refractivity contribution in [3.05, 3.63) is 12.9 Å². The highest BCUT2D eigenvalue weighted by Crippen LogP contribution is 1.79. The van der Waals surface area contributed by atoms with Crippen LogP contribution in [-0.2, 0) is 18.9 Å². The third kappa shape index (κ3) is 87.6. The molecular formula is C10H17FO12. The van der Waals surface area contributed by atoms with Crippen molar-refractivity contribution in [3.63, 3.8) is 0 Å². The lowest BCUT2D eigenvalue weighted by atomic mass is 10.8. The van der Waals surface area contributed by atoms with Gasteiger partial charge in [0.1, 0.15) is 13.2 Å². The summed E-state index contributed by atoms with van der Waals surface area (Å²) in [7, 11) is 2.51. The Balaban J connectivity index is -0.000000118. The molecule has 0 atom stereocenters. The zero-order chi connectivity index (χ0) is 19.3. The Kier molecular flexibility index (Phi) is 29.0. The van der Waals surface area contributed by atoms with Gasteiger partial charge in [0.2, 0.25) is 0 Å². The van der Waals surface area contributed by atoms with Crippen LogP contribution in [0.1, 0.15) is 0 Å². The van der Waals surface area contributed by atoms with Crippen LogP contribution in [0.15, 0.2) is 12.9 Å². The van der Waals surface area contributed by atoms with Gasteiger partial charge in [0, 0.05) is 0 Å². The number of hydrogen-bond donors (Lipinski definition) is 4. The number of methoxy groups -OCH3 is 2. The van der Waals surface area contributed by atoms with Crippen LogP contribution in [0.3, 0.4) is 0 Å². The van der Waals surface area contributed by atoms with Crippen molar-refractivity contribution < 1.29 is 62.9 Å². The summed E-state index contributed by atoms with van der Waals surface area (Å²) in [5.74, 6) is 0. The Morgan fingerprint density at radius 1 is 0.913 bits per heavy atom. The Hall–Kier alpha value is -3.25. The van der Waals surface area contributed by atoms with Gasteiger partial charge in [-0.2, -0.15) is 0 Å². The summed E-state index contributed by atoms with van der Waals surface area (Å²) in [6.45, 7) is 2.14. The molecule has 0 heterocycles. The number of halogens is 1. The van der Waals surface area contributed by atoms with E-state index >= 15 is 0 Å². The SMILES string of the molecule is C=CF.COC(=O)OC.O=C(O)O.O=C(O)OCCOC(=O)O. The second-order valence-electron chi connectivity index (χ2n) is 2.32. The highest BCUT2D eigenvalue weighted by Gasteiger charge is 1.98. The van der Waals surface area contributed by atoms with E-state index in [9.17, 15) is 18.8 Å². The van der Waals surface area contributed by atoms with E-state index < -0.39 is 24.6 Å². The van der Waals surface area contributed by atoms with Gasteiger partial charge in [0.05, 0.1) is 20.5 Å². The van der Waals surface area contributed by atoms with Crippen molar-refractivity contribution in [1.29, 1.82) is 0 Å². The van der Waals surface area contributed by atoms with Crippen LogP contribution < -0.4 is 0 Å². The molecule has 0 amide bonds. The quantitative estimate of drug-likeness (QED) is 0.331. The Labute approximate surface area is 129 Å². The van der Waals surface area contributed by atoms with Gasteiger partial charge in [-0.1, -0.05) is 6.58 Å². The molecule has 0 aliphatic rings. The molecule has 0 aromatic heterocycles. The molecule has 0 aromatic carbocycles. The summed E-state index contributed by atoms with van der Waals surface area (Å²) in [5.41, 5.74) is 0. The number of carbonyl (C=O) groups is 4. The van der Waals surface area contributed by atoms with Crippen LogP contribution in [0.2, 0.25) is 0 Å². The largest absolute Gasteiger partial charge is 0.507 e. The number of carboxylic acid groups (broad SMARTS) is 4. The molecule has 0 aromatic rings. The smallest absolute Gasteiger partial charge is 0.450 e. The fourth-order valence-corrected chi connectivity index (χ4v) is 0.341. The fraction of sp³-hybridized carbons (Fsp3) is 0.400. The van der Waals surface area contributed by atoms with E-state index in [0.717, 1.165) is 0 Å². The van der Waals surface area contributed by atoms with Crippen LogP contribution in [0.4, 0.5) is 23.6 Å². The van der Waals surface area contributed by atoms with Gasteiger partial charge in [-0.05, 0) is 0 Å². The molecule has 0 fully saturated rings. The predicted octanol–water partition coefficient (Wildman–Crippen LogP) is 2.10. The minimum absolute atomic E-state index is 0.250. The van der Waals surface area contributed by atoms with Crippen molar-refractivity contribution >= 4 is 24.6 Å². The number of rotatable bonds is 3. The lowest BCUT2D eigenvalue weighted by Gasteiger charge is -1.98. The molecule has 0 saturated carbocycles. The standard InChI is InChI=1S/C4H6O6.C3H6O3.C2H3F.CH2O3/c5-3(6)9-1-2-10-4(7)8;1-5-3(4)6-2;1-2-3;2-1(3)4/h1-2H2,(H,5,6)(H,7,8);1-2H3;2H,1H2;(H2,2,3,4). The van der Waals surface area contributed by atoms with Gasteiger partial charge < -0.3 is 39.4 Å². The second-order valence-corrected chi connectivity index (χ2v) is 2.32. The van der Waals surface area contributed by atoms with Crippen molar-refractivity contribution in [2.75, 3.05) is 27.4 Å². The zero-order valence-electron chi connectivity index (χ0n) is 12.1. The molecule has 0 rings (SSSR count). The summed E-state index contributed by atoms with van der Waals surface area (Å²) in [6, 6.07) is 0. The molecule has 23 heavy (non-hydrogen) atoms. The molecule has 0 spiro atoms. The van der Waals surface area contributed by atoms with Crippen LogP contribution in [-0.4, -0.2) is 72.5 Å². The average molecular weight is 348 g/mol. The van der Waals surface area contributed by atoms with Gasteiger partial charge in [0.15, 0.2) is 0 Å². The Bertz CT molecular complexity index is 317. The highest BCUT2D eigenvalue weighted by atomic mass is 19.1. The molecule has 12 nitrogen and oxygen atoms in total. The molecule has 0 aliphatic carbocycles. The normalized spacial score (nSPS) is 7.09. The number of carbonyl (C=O) groups excluding carboxylic acids is 1. The van der Waals surface area contributed by atoms with Crippen molar-refractivity contribution in [2.24, 2.45) is 0 Å². The monoisotopic (exact) mass is 348 g/mol. The van der Waals surface area contributed by atoms with E-state index in [2.05, 4.69) is 25.5 Å². The molecule has 0 saturated heterocycles. The van der Waals surface area contributed by atoms with Crippen molar-refractivity contribution in [2.45, 2.75) is 0 Å². The maximum absolute atomic E-state index is 10.1. The third-order valence-electron chi connectivity index (χ3n) is 0.868. The maximum Gasteiger partial charge on any atom is 0.507 e. The molecule has 0 aliphatic heterocycles. The highest BCUT2D eigenvalue weighted by molar-refractivity contribution is 5.59. The van der Waals surface area contributed by atoms with E-state index in [1.54, 1.807) is 0 Å². The number of hydrogen-bond acceptors (Lipinski definition) is 8. The summed E-state index contributed by atoms with van der Waals surface area (Å²) >= 11 is 0. The van der Waals surface area contributed by atoms with Crippen molar-refractivity contribution in [1.82, 2.24) is 0 Å². The summed E-state index contributed by atoms with van der Waals surface area (Å²) in [5, 5.41) is 29.7.